The summed E-state index contributed by atoms with van der Waals surface area (Å²) in [6.45, 7) is 2.18. The van der Waals surface area contributed by atoms with Crippen LogP contribution in [0.1, 0.15) is 58.3 Å². The van der Waals surface area contributed by atoms with Gasteiger partial charge in [0.05, 0.1) is 6.10 Å². The van der Waals surface area contributed by atoms with Gasteiger partial charge in [-0.3, -0.25) is 0 Å². The molecule has 0 aliphatic carbocycles. The number of hydrogen-bond donors (Lipinski definition) is 1. The van der Waals surface area contributed by atoms with Crippen molar-refractivity contribution in [2.45, 2.75) is 70.5 Å². The van der Waals surface area contributed by atoms with E-state index < -0.39 is 0 Å². The highest BCUT2D eigenvalue weighted by molar-refractivity contribution is 5.06. The van der Waals surface area contributed by atoms with Gasteiger partial charge in [0.2, 0.25) is 0 Å². The van der Waals surface area contributed by atoms with E-state index in [0.29, 0.717) is 6.10 Å². The van der Waals surface area contributed by atoms with Crippen LogP contribution in [0, 0.1) is 11.8 Å². The minimum atomic E-state index is -0.0545. The molecule has 0 spiro atoms. The summed E-state index contributed by atoms with van der Waals surface area (Å²) in [6.07, 6.45) is 10.3. The number of aliphatic hydroxyl groups excluding tert-OH is 1. The predicted molar refractivity (Wildman–Crippen MR) is 66.1 cm³/mol. The minimum absolute atomic E-state index is 0.0545. The Morgan fingerprint density at radius 1 is 1.25 bits per heavy atom. The molecular weight excluding hydrogens is 200 g/mol. The lowest BCUT2D eigenvalue weighted by Gasteiger charge is -2.27. The summed E-state index contributed by atoms with van der Waals surface area (Å²) in [5.41, 5.74) is 0. The second kappa shape index (κ2) is 8.61. The lowest BCUT2D eigenvalue weighted by atomic mass is 9.99. The summed E-state index contributed by atoms with van der Waals surface area (Å²) in [4.78, 5) is 0. The van der Waals surface area contributed by atoms with Gasteiger partial charge in [-0.05, 0) is 25.7 Å². The zero-order valence-electron chi connectivity index (χ0n) is 10.4. The Morgan fingerprint density at radius 2 is 2.12 bits per heavy atom. The summed E-state index contributed by atoms with van der Waals surface area (Å²) in [6, 6.07) is 0. The van der Waals surface area contributed by atoms with Crippen LogP contribution in [0.2, 0.25) is 0 Å². The van der Waals surface area contributed by atoms with Crippen LogP contribution in [0.25, 0.3) is 0 Å². The highest BCUT2D eigenvalue weighted by Gasteiger charge is 2.20. The molecular formula is C14H24O2. The Hall–Kier alpha value is -0.520. The quantitative estimate of drug-likeness (QED) is 0.575. The van der Waals surface area contributed by atoms with E-state index in [1.54, 1.807) is 0 Å². The van der Waals surface area contributed by atoms with Gasteiger partial charge in [0, 0.05) is 0 Å². The molecule has 0 aromatic rings. The molecule has 2 nitrogen and oxygen atoms in total. The lowest BCUT2D eigenvalue weighted by Crippen LogP contribution is -2.26. The van der Waals surface area contributed by atoms with Crippen molar-refractivity contribution in [2.75, 3.05) is 6.61 Å². The Morgan fingerprint density at radius 3 is 2.88 bits per heavy atom. The molecule has 0 aromatic carbocycles. The summed E-state index contributed by atoms with van der Waals surface area (Å²) in [5.74, 6) is 5.68. The van der Waals surface area contributed by atoms with Crippen LogP contribution in [-0.2, 0) is 4.74 Å². The van der Waals surface area contributed by atoms with Gasteiger partial charge >= 0.3 is 0 Å². The zero-order chi connectivity index (χ0) is 11.6. The van der Waals surface area contributed by atoms with E-state index >= 15 is 0 Å². The maximum atomic E-state index is 8.63. The van der Waals surface area contributed by atoms with E-state index in [1.807, 2.05) is 0 Å². The van der Waals surface area contributed by atoms with Gasteiger partial charge in [-0.25, -0.2) is 0 Å². The second-order valence-corrected chi connectivity index (χ2v) is 4.51. The van der Waals surface area contributed by atoms with Crippen molar-refractivity contribution >= 4 is 0 Å². The van der Waals surface area contributed by atoms with E-state index in [4.69, 9.17) is 9.84 Å². The van der Waals surface area contributed by atoms with Crippen LogP contribution < -0.4 is 0 Å². The third-order valence-corrected chi connectivity index (χ3v) is 3.07. The number of aliphatic hydroxyl groups is 1. The summed E-state index contributed by atoms with van der Waals surface area (Å²) < 4.78 is 5.88. The molecule has 16 heavy (non-hydrogen) atoms. The van der Waals surface area contributed by atoms with Gasteiger partial charge in [0.25, 0.3) is 0 Å². The Balaban J connectivity index is 2.17. The van der Waals surface area contributed by atoms with Crippen molar-refractivity contribution < 1.29 is 9.84 Å². The third kappa shape index (κ3) is 5.53. The molecule has 1 aliphatic rings. The standard InChI is InChI=1S/C14H24O2/c1-2-3-4-5-8-13-9-6-10-14(16-13)11-7-12-15/h13-15H,2-6,8-10,12H2,1H3/t13-,14+/m0/s1. The maximum Gasteiger partial charge on any atom is 0.118 e. The van der Waals surface area contributed by atoms with Crippen LogP contribution in [0.5, 0.6) is 0 Å². The molecule has 0 amide bonds. The number of rotatable bonds is 5. The van der Waals surface area contributed by atoms with Crippen LogP contribution >= 0.6 is 0 Å². The molecule has 92 valence electrons. The summed E-state index contributed by atoms with van der Waals surface area (Å²) >= 11 is 0. The van der Waals surface area contributed by atoms with Crippen LogP contribution in [0.15, 0.2) is 0 Å². The first-order valence-corrected chi connectivity index (χ1v) is 6.61. The fourth-order valence-corrected chi connectivity index (χ4v) is 2.18. The van der Waals surface area contributed by atoms with Gasteiger partial charge in [-0.1, -0.05) is 44.4 Å². The molecule has 1 aliphatic heterocycles. The maximum absolute atomic E-state index is 8.63. The molecule has 2 atom stereocenters. The SMILES string of the molecule is CCCCCC[C@H]1CCC[C@H](C#CCO)O1. The van der Waals surface area contributed by atoms with Gasteiger partial charge in [-0.2, -0.15) is 0 Å². The van der Waals surface area contributed by atoms with Crippen LogP contribution in [0.4, 0.5) is 0 Å². The largest absolute Gasteiger partial charge is 0.384 e. The molecule has 1 heterocycles. The van der Waals surface area contributed by atoms with Crippen LogP contribution in [-0.4, -0.2) is 23.9 Å². The predicted octanol–water partition coefficient (Wildman–Crippen LogP) is 2.89. The lowest BCUT2D eigenvalue weighted by molar-refractivity contribution is -0.0254. The molecule has 1 rings (SSSR count). The highest BCUT2D eigenvalue weighted by atomic mass is 16.5. The van der Waals surface area contributed by atoms with Gasteiger partial charge < -0.3 is 9.84 Å². The molecule has 2 heteroatoms. The highest BCUT2D eigenvalue weighted by Crippen LogP contribution is 2.22. The average Bonchev–Trinajstić information content (AvgIpc) is 2.33. The Labute approximate surface area is 99.4 Å². The van der Waals surface area contributed by atoms with Crippen molar-refractivity contribution in [2.24, 2.45) is 0 Å². The molecule has 1 N–H and O–H groups in total. The fourth-order valence-electron chi connectivity index (χ4n) is 2.18. The molecule has 0 bridgehead atoms. The smallest absolute Gasteiger partial charge is 0.118 e. The first-order valence-electron chi connectivity index (χ1n) is 6.61. The molecule has 1 fully saturated rings. The van der Waals surface area contributed by atoms with Crippen molar-refractivity contribution in [3.8, 4) is 11.8 Å². The van der Waals surface area contributed by atoms with Gasteiger partial charge in [0.15, 0.2) is 0 Å². The van der Waals surface area contributed by atoms with E-state index in [9.17, 15) is 0 Å². The summed E-state index contributed by atoms with van der Waals surface area (Å²) in [7, 11) is 0. The summed E-state index contributed by atoms with van der Waals surface area (Å²) in [5, 5.41) is 8.63. The van der Waals surface area contributed by atoms with E-state index in [-0.39, 0.29) is 12.7 Å². The monoisotopic (exact) mass is 224 g/mol. The normalized spacial score (nSPS) is 24.9. The molecule has 1 saturated heterocycles. The van der Waals surface area contributed by atoms with Gasteiger partial charge in [0.1, 0.15) is 12.7 Å². The van der Waals surface area contributed by atoms with Crippen molar-refractivity contribution in [3.05, 3.63) is 0 Å². The number of hydrogen-bond acceptors (Lipinski definition) is 2. The third-order valence-electron chi connectivity index (χ3n) is 3.07. The Kier molecular flexibility index (Phi) is 7.29. The average molecular weight is 224 g/mol. The van der Waals surface area contributed by atoms with Gasteiger partial charge in [-0.15, -0.1) is 0 Å². The van der Waals surface area contributed by atoms with E-state index in [2.05, 4.69) is 18.8 Å². The first-order chi connectivity index (χ1) is 7.86. The second-order valence-electron chi connectivity index (χ2n) is 4.51. The first kappa shape index (κ1) is 13.5. The molecule has 0 radical (unpaired) electrons. The fraction of sp³-hybridized carbons (Fsp3) is 0.857. The minimum Gasteiger partial charge on any atom is -0.384 e. The zero-order valence-corrected chi connectivity index (χ0v) is 10.4. The Bertz CT molecular complexity index is 227. The van der Waals surface area contributed by atoms with Crippen molar-refractivity contribution in [1.82, 2.24) is 0 Å². The topological polar surface area (TPSA) is 29.5 Å². The number of unbranched alkanes of at least 4 members (excludes halogenated alkanes) is 3. The van der Waals surface area contributed by atoms with Crippen LogP contribution in [0.3, 0.4) is 0 Å². The molecule has 0 saturated carbocycles. The molecule has 0 aromatic heterocycles. The van der Waals surface area contributed by atoms with E-state index in [0.717, 1.165) is 6.42 Å². The van der Waals surface area contributed by atoms with Crippen molar-refractivity contribution in [3.63, 3.8) is 0 Å². The molecule has 0 unspecified atom stereocenters. The number of ether oxygens (including phenoxy) is 1. The van der Waals surface area contributed by atoms with E-state index in [1.165, 1.54) is 44.9 Å². The van der Waals surface area contributed by atoms with Crippen molar-refractivity contribution in [1.29, 1.82) is 0 Å².